The number of thioether (sulfide) groups is 1. The number of nitrogens with zero attached hydrogens (tertiary/aromatic N) is 2. The Balaban J connectivity index is 1.21. The lowest BCUT2D eigenvalue weighted by Crippen LogP contribution is -2.15. The van der Waals surface area contributed by atoms with Gasteiger partial charge in [0.15, 0.2) is 4.34 Å². The van der Waals surface area contributed by atoms with Crippen LogP contribution in [0.2, 0.25) is 0 Å². The van der Waals surface area contributed by atoms with Crippen molar-refractivity contribution in [2.75, 3.05) is 11.1 Å². The molecule has 1 amide bonds. The highest BCUT2D eigenvalue weighted by Crippen LogP contribution is 2.33. The summed E-state index contributed by atoms with van der Waals surface area (Å²) < 4.78 is 1.93. The minimum absolute atomic E-state index is 0.0260. The van der Waals surface area contributed by atoms with E-state index in [-0.39, 0.29) is 5.91 Å². The maximum absolute atomic E-state index is 12.7. The monoisotopic (exact) mass is 545 g/mol. The molecule has 0 aliphatic heterocycles. The average molecular weight is 546 g/mol. The van der Waals surface area contributed by atoms with E-state index >= 15 is 0 Å². The van der Waals surface area contributed by atoms with E-state index in [9.17, 15) is 4.79 Å². The number of carbonyl (C=O) groups is 1. The predicted molar refractivity (Wildman–Crippen MR) is 168 cm³/mol. The number of nitrogens with one attached hydrogen (secondary N) is 1. The van der Waals surface area contributed by atoms with Crippen molar-refractivity contribution < 1.29 is 4.79 Å². The summed E-state index contributed by atoms with van der Waals surface area (Å²) in [7, 11) is 0. The van der Waals surface area contributed by atoms with Crippen LogP contribution in [0, 0.1) is 20.8 Å². The Morgan fingerprint density at radius 2 is 1.56 bits per heavy atom. The van der Waals surface area contributed by atoms with Gasteiger partial charge in [0.1, 0.15) is 0 Å². The molecule has 0 radical (unpaired) electrons. The first kappa shape index (κ1) is 25.3. The Labute approximate surface area is 235 Å². The van der Waals surface area contributed by atoms with Crippen LogP contribution < -0.4 is 5.32 Å². The van der Waals surface area contributed by atoms with Crippen molar-refractivity contribution >= 4 is 78.4 Å². The average Bonchev–Trinajstić information content (AvgIpc) is 3.34. The van der Waals surface area contributed by atoms with E-state index in [0.717, 1.165) is 42.6 Å². The van der Waals surface area contributed by atoms with Crippen molar-refractivity contribution in [3.8, 4) is 0 Å². The molecule has 6 rings (SSSR count). The van der Waals surface area contributed by atoms with Gasteiger partial charge >= 0.3 is 0 Å². The van der Waals surface area contributed by atoms with Crippen molar-refractivity contribution in [2.45, 2.75) is 25.1 Å². The number of hydrogen-bond acceptors (Lipinski definition) is 5. The van der Waals surface area contributed by atoms with Gasteiger partial charge in [-0.05, 0) is 77.7 Å². The standard InChI is InChI=1S/C33H27N3OS2/c1-20-14-21(2)32(22(3)15-20)36-31(37)19-38-33-35-29-13-12-25(17-30(29)39-33)34-18-28-26-10-6-4-8-23(26)16-24-9-5-7-11-27(24)28/h4-18H,19H2,1-3H3,(H,36,37). The maximum atomic E-state index is 12.7. The molecule has 0 bridgehead atoms. The Bertz CT molecular complexity index is 1830. The summed E-state index contributed by atoms with van der Waals surface area (Å²) in [5.41, 5.74) is 7.17. The number of fused-ring (bicyclic) bond motifs is 3. The summed E-state index contributed by atoms with van der Waals surface area (Å²) in [5, 5.41) is 7.85. The number of aryl methyl sites for hydroxylation is 3. The molecule has 0 fully saturated rings. The third-order valence-corrected chi connectivity index (χ3v) is 8.94. The third kappa shape index (κ3) is 5.31. The molecule has 6 aromatic rings. The second-order valence-electron chi connectivity index (χ2n) is 9.73. The van der Waals surface area contributed by atoms with Crippen molar-refractivity contribution in [2.24, 2.45) is 4.99 Å². The number of thiazole rings is 1. The van der Waals surface area contributed by atoms with Crippen LogP contribution in [-0.2, 0) is 4.79 Å². The molecule has 0 aliphatic rings. The number of hydrogen-bond donors (Lipinski definition) is 1. The number of benzene rings is 5. The molecule has 0 atom stereocenters. The van der Waals surface area contributed by atoms with E-state index in [0.29, 0.717) is 5.75 Å². The smallest absolute Gasteiger partial charge is 0.234 e. The first-order valence-corrected chi connectivity index (χ1v) is 14.6. The molecule has 39 heavy (non-hydrogen) atoms. The summed E-state index contributed by atoms with van der Waals surface area (Å²) in [6.07, 6.45) is 1.97. The number of aromatic nitrogens is 1. The third-order valence-electron chi connectivity index (χ3n) is 6.78. The van der Waals surface area contributed by atoms with E-state index in [1.165, 1.54) is 38.9 Å². The van der Waals surface area contributed by atoms with Crippen molar-refractivity contribution in [3.05, 3.63) is 107 Å². The maximum Gasteiger partial charge on any atom is 0.234 e. The zero-order valence-electron chi connectivity index (χ0n) is 22.0. The summed E-state index contributed by atoms with van der Waals surface area (Å²) in [6.45, 7) is 6.12. The molecule has 6 heteroatoms. The molecule has 1 heterocycles. The first-order chi connectivity index (χ1) is 18.9. The Kier molecular flexibility index (Phi) is 6.90. The molecule has 1 N–H and O–H groups in total. The van der Waals surface area contributed by atoms with Crippen molar-refractivity contribution in [1.82, 2.24) is 4.98 Å². The molecular weight excluding hydrogens is 519 g/mol. The fraction of sp³-hybridized carbons (Fsp3) is 0.121. The topological polar surface area (TPSA) is 54.4 Å². The fourth-order valence-corrected chi connectivity index (χ4v) is 6.94. The van der Waals surface area contributed by atoms with Gasteiger partial charge in [0, 0.05) is 17.5 Å². The van der Waals surface area contributed by atoms with Gasteiger partial charge in [0.05, 0.1) is 21.7 Å². The van der Waals surface area contributed by atoms with Gasteiger partial charge in [-0.25, -0.2) is 4.98 Å². The number of rotatable bonds is 6. The molecule has 5 aromatic carbocycles. The van der Waals surface area contributed by atoms with Crippen LogP contribution in [0.3, 0.4) is 0 Å². The quantitative estimate of drug-likeness (QED) is 0.129. The van der Waals surface area contributed by atoms with Crippen LogP contribution >= 0.6 is 23.1 Å². The van der Waals surface area contributed by atoms with E-state index in [2.05, 4.69) is 85.0 Å². The second kappa shape index (κ2) is 10.6. The lowest BCUT2D eigenvalue weighted by Gasteiger charge is -2.12. The normalized spacial score (nSPS) is 11.7. The van der Waals surface area contributed by atoms with Crippen LogP contribution in [0.5, 0.6) is 0 Å². The minimum atomic E-state index is -0.0260. The Morgan fingerprint density at radius 1 is 0.897 bits per heavy atom. The van der Waals surface area contributed by atoms with E-state index < -0.39 is 0 Å². The second-order valence-corrected chi connectivity index (χ2v) is 12.0. The van der Waals surface area contributed by atoms with Gasteiger partial charge in [-0.1, -0.05) is 78.0 Å². The van der Waals surface area contributed by atoms with Gasteiger partial charge in [-0.2, -0.15) is 0 Å². The van der Waals surface area contributed by atoms with Gasteiger partial charge in [-0.15, -0.1) is 11.3 Å². The van der Waals surface area contributed by atoms with Crippen LogP contribution in [0.4, 0.5) is 11.4 Å². The van der Waals surface area contributed by atoms with E-state index in [1.54, 1.807) is 11.3 Å². The van der Waals surface area contributed by atoms with Crippen LogP contribution in [0.25, 0.3) is 31.8 Å². The van der Waals surface area contributed by atoms with Gasteiger partial charge in [0.25, 0.3) is 0 Å². The largest absolute Gasteiger partial charge is 0.325 e. The highest BCUT2D eigenvalue weighted by Gasteiger charge is 2.12. The molecule has 0 unspecified atom stereocenters. The molecule has 0 saturated heterocycles. The molecule has 0 aliphatic carbocycles. The number of carbonyl (C=O) groups excluding carboxylic acids is 1. The van der Waals surface area contributed by atoms with Crippen molar-refractivity contribution in [1.29, 1.82) is 0 Å². The minimum Gasteiger partial charge on any atom is -0.325 e. The zero-order chi connectivity index (χ0) is 26.9. The number of anilines is 1. The van der Waals surface area contributed by atoms with E-state index in [1.807, 2.05) is 32.2 Å². The number of amides is 1. The lowest BCUT2D eigenvalue weighted by atomic mass is 9.97. The summed E-state index contributed by atoms with van der Waals surface area (Å²) in [6, 6.07) is 29.3. The highest BCUT2D eigenvalue weighted by molar-refractivity contribution is 8.01. The molecule has 0 saturated carbocycles. The molecule has 1 aromatic heterocycles. The zero-order valence-corrected chi connectivity index (χ0v) is 23.6. The molecule has 4 nitrogen and oxygen atoms in total. The Morgan fingerprint density at radius 3 is 2.26 bits per heavy atom. The first-order valence-electron chi connectivity index (χ1n) is 12.8. The van der Waals surface area contributed by atoms with Crippen molar-refractivity contribution in [3.63, 3.8) is 0 Å². The number of aliphatic imine (C=N–C) groups is 1. The summed E-state index contributed by atoms with van der Waals surface area (Å²) in [4.78, 5) is 22.3. The SMILES string of the molecule is Cc1cc(C)c(NC(=O)CSc2nc3ccc(N=Cc4c5ccccc5cc5ccccc45)cc3s2)c(C)c1. The summed E-state index contributed by atoms with van der Waals surface area (Å²) in [5.74, 6) is 0.285. The van der Waals surface area contributed by atoms with Gasteiger partial charge < -0.3 is 5.32 Å². The molecule has 0 spiro atoms. The predicted octanol–water partition coefficient (Wildman–Crippen LogP) is 9.01. The highest BCUT2D eigenvalue weighted by atomic mass is 32.2. The molecular formula is C33H27N3OS2. The lowest BCUT2D eigenvalue weighted by molar-refractivity contribution is -0.113. The van der Waals surface area contributed by atoms with Crippen LogP contribution in [0.1, 0.15) is 22.3 Å². The van der Waals surface area contributed by atoms with E-state index in [4.69, 9.17) is 9.98 Å². The van der Waals surface area contributed by atoms with Crippen LogP contribution in [0.15, 0.2) is 94.3 Å². The summed E-state index contributed by atoms with van der Waals surface area (Å²) >= 11 is 3.06. The fourth-order valence-electron chi connectivity index (χ4n) is 5.04. The van der Waals surface area contributed by atoms with Crippen LogP contribution in [-0.4, -0.2) is 22.9 Å². The van der Waals surface area contributed by atoms with Gasteiger partial charge in [-0.3, -0.25) is 9.79 Å². The Hall–Kier alpha value is -4.00. The van der Waals surface area contributed by atoms with Gasteiger partial charge in [0.2, 0.25) is 5.91 Å². The molecule has 192 valence electrons.